The van der Waals surface area contributed by atoms with Gasteiger partial charge in [-0.05, 0) is 58.4 Å². The molecule has 1 N–H and O–H groups in total. The third-order valence-electron chi connectivity index (χ3n) is 5.06. The first-order valence-corrected chi connectivity index (χ1v) is 10.6. The lowest BCUT2D eigenvalue weighted by atomic mass is 10.1. The van der Waals surface area contributed by atoms with Gasteiger partial charge in [-0.1, -0.05) is 33.6 Å². The van der Waals surface area contributed by atoms with Crippen molar-refractivity contribution in [2.45, 2.75) is 45.2 Å². The monoisotopic (exact) mass is 325 g/mol. The molecule has 1 unspecified atom stereocenters. The maximum absolute atomic E-state index is 12.0. The first kappa shape index (κ1) is 15.9. The Hall–Kier alpha value is -1.94. The van der Waals surface area contributed by atoms with Crippen LogP contribution < -0.4 is 5.19 Å². The molecule has 3 rings (SSSR count). The number of fused-ring (bicyclic) bond motifs is 2. The van der Waals surface area contributed by atoms with Crippen LogP contribution in [0.3, 0.4) is 0 Å². The molecule has 1 aromatic carbocycles. The topological polar surface area (TPSA) is 49.7 Å². The molecule has 0 radical (unpaired) electrons. The molecule has 120 valence electrons. The van der Waals surface area contributed by atoms with Crippen molar-refractivity contribution in [3.05, 3.63) is 41.6 Å². The zero-order chi connectivity index (χ0) is 16.6. The minimum absolute atomic E-state index is 0.0524. The normalized spacial score (nSPS) is 22.5. The van der Waals surface area contributed by atoms with E-state index in [-0.39, 0.29) is 11.5 Å². The number of phenolic OH excluding ortho intramolecular Hbond substituents is 1. The Bertz CT molecular complexity index is 746. The summed E-state index contributed by atoms with van der Waals surface area (Å²) in [5, 5.41) is 12.4. The first-order chi connectivity index (χ1) is 11.0. The van der Waals surface area contributed by atoms with E-state index in [1.807, 2.05) is 18.2 Å². The van der Waals surface area contributed by atoms with Crippen LogP contribution in [0, 0.1) is 0 Å². The van der Waals surface area contributed by atoms with Crippen molar-refractivity contribution in [1.29, 1.82) is 0 Å². The van der Waals surface area contributed by atoms with Gasteiger partial charge in [0.25, 0.3) is 0 Å². The van der Waals surface area contributed by atoms with Crippen LogP contribution in [0.25, 0.3) is 0 Å². The van der Waals surface area contributed by atoms with Crippen molar-refractivity contribution >= 4 is 30.4 Å². The molecule has 3 nitrogen and oxygen atoms in total. The molecule has 0 amide bonds. The predicted octanol–water partition coefficient (Wildman–Crippen LogP) is 3.95. The highest BCUT2D eigenvalue weighted by molar-refractivity contribution is 7.03. The van der Waals surface area contributed by atoms with Gasteiger partial charge < -0.3 is 5.11 Å². The molecule has 0 aromatic heterocycles. The number of benzene rings is 1. The number of ketones is 1. The molecule has 1 aliphatic heterocycles. The van der Waals surface area contributed by atoms with Crippen LogP contribution in [0.15, 0.2) is 46.6 Å². The molecule has 0 bridgehead atoms. The van der Waals surface area contributed by atoms with Crippen molar-refractivity contribution in [3.63, 3.8) is 0 Å². The zero-order valence-corrected chi connectivity index (χ0v) is 15.0. The second-order valence-electron chi connectivity index (χ2n) is 6.72. The molecular formula is C19H23NO2Si. The number of carbonyl (C=O) groups excluding carboxylic acids is 1. The fourth-order valence-corrected chi connectivity index (χ4v) is 9.42. The number of allylic oxidation sites excluding steroid dienone is 4. The van der Waals surface area contributed by atoms with Gasteiger partial charge in [0.2, 0.25) is 0 Å². The van der Waals surface area contributed by atoms with Crippen molar-refractivity contribution < 1.29 is 9.90 Å². The van der Waals surface area contributed by atoms with Crippen LogP contribution in [0.5, 0.6) is 5.75 Å². The van der Waals surface area contributed by atoms with Crippen molar-refractivity contribution in [2.24, 2.45) is 4.99 Å². The molecule has 1 heterocycles. The number of rotatable bonds is 4. The number of hydrogen-bond donors (Lipinski definition) is 1. The quantitative estimate of drug-likeness (QED) is 0.673. The fourth-order valence-electron chi connectivity index (χ4n) is 3.86. The molecule has 2 aliphatic rings. The Morgan fingerprint density at radius 3 is 2.74 bits per heavy atom. The van der Waals surface area contributed by atoms with Crippen molar-refractivity contribution in [2.75, 3.05) is 0 Å². The molecule has 0 spiro atoms. The fraction of sp³-hybridized carbons (Fsp3) is 0.368. The van der Waals surface area contributed by atoms with Crippen molar-refractivity contribution in [1.82, 2.24) is 0 Å². The first-order valence-electron chi connectivity index (χ1n) is 8.36. The maximum atomic E-state index is 12.0. The van der Waals surface area contributed by atoms with Crippen LogP contribution in [0.2, 0.25) is 11.6 Å². The van der Waals surface area contributed by atoms with E-state index in [2.05, 4.69) is 20.8 Å². The molecule has 23 heavy (non-hydrogen) atoms. The number of carbonyl (C=O) groups is 1. The van der Waals surface area contributed by atoms with Gasteiger partial charge >= 0.3 is 0 Å². The van der Waals surface area contributed by atoms with Gasteiger partial charge in [-0.25, -0.2) is 4.99 Å². The Kier molecular flexibility index (Phi) is 4.11. The largest absolute Gasteiger partial charge is 0.508 e. The highest BCUT2D eigenvalue weighted by atomic mass is 28.3. The summed E-state index contributed by atoms with van der Waals surface area (Å²) in [5.41, 5.74) is 2.34. The summed E-state index contributed by atoms with van der Waals surface area (Å²) >= 11 is 0. The highest BCUT2D eigenvalue weighted by Crippen LogP contribution is 2.41. The average Bonchev–Trinajstić information content (AvgIpc) is 2.52. The van der Waals surface area contributed by atoms with Crippen LogP contribution in [0.1, 0.15) is 33.6 Å². The van der Waals surface area contributed by atoms with E-state index in [1.165, 1.54) is 5.19 Å². The van der Waals surface area contributed by atoms with Crippen LogP contribution in [0.4, 0.5) is 5.69 Å². The van der Waals surface area contributed by atoms with Gasteiger partial charge in [0, 0.05) is 0 Å². The summed E-state index contributed by atoms with van der Waals surface area (Å²) in [7, 11) is -2.14. The lowest BCUT2D eigenvalue weighted by Crippen LogP contribution is -2.56. The summed E-state index contributed by atoms with van der Waals surface area (Å²) in [6.45, 7) is 6.70. The highest BCUT2D eigenvalue weighted by Gasteiger charge is 2.47. The molecule has 1 atom stereocenters. The minimum Gasteiger partial charge on any atom is -0.508 e. The Morgan fingerprint density at radius 2 is 2.04 bits per heavy atom. The number of unbranched alkanes of at least 4 members (excludes halogenated alkanes) is 1. The molecular weight excluding hydrogens is 302 g/mol. The van der Waals surface area contributed by atoms with E-state index in [0.29, 0.717) is 5.54 Å². The SMILES string of the molecule is CCCC[Si]1(C(C)C)C2=CC(=O)C=CC2=Nc2ccc(O)cc21. The van der Waals surface area contributed by atoms with Gasteiger partial charge in [0.15, 0.2) is 5.78 Å². The van der Waals surface area contributed by atoms with E-state index in [9.17, 15) is 9.90 Å². The van der Waals surface area contributed by atoms with Crippen LogP contribution in [-0.4, -0.2) is 24.7 Å². The number of aromatic hydroxyl groups is 1. The third kappa shape index (κ3) is 2.51. The summed E-state index contributed by atoms with van der Waals surface area (Å²) in [4.78, 5) is 16.8. The lowest BCUT2D eigenvalue weighted by Gasteiger charge is -2.42. The number of nitrogens with zero attached hydrogens (tertiary/aromatic N) is 1. The Morgan fingerprint density at radius 1 is 1.26 bits per heavy atom. The number of phenols is 1. The van der Waals surface area contributed by atoms with Gasteiger partial charge in [-0.2, -0.15) is 0 Å². The van der Waals surface area contributed by atoms with Gasteiger partial charge in [-0.15, -0.1) is 0 Å². The Balaban J connectivity index is 2.30. The third-order valence-corrected chi connectivity index (χ3v) is 10.9. The number of hydrogen-bond acceptors (Lipinski definition) is 3. The van der Waals surface area contributed by atoms with Crippen LogP contribution >= 0.6 is 0 Å². The molecule has 0 saturated heterocycles. The standard InChI is InChI=1S/C19H23NO2Si/c1-4-5-10-23(13(2)3)18-11-14(21)6-8-16(18)20-17-9-7-15(22)12-19(17)23/h6-9,11-13,21H,4-5,10H2,1-3H3. The van der Waals surface area contributed by atoms with E-state index in [1.54, 1.807) is 18.2 Å². The lowest BCUT2D eigenvalue weighted by molar-refractivity contribution is -0.110. The smallest absolute Gasteiger partial charge is 0.178 e. The summed E-state index contributed by atoms with van der Waals surface area (Å²) in [5.74, 6) is 0.339. The Labute approximate surface area is 138 Å². The predicted molar refractivity (Wildman–Crippen MR) is 97.6 cm³/mol. The van der Waals surface area contributed by atoms with E-state index in [4.69, 9.17) is 4.99 Å². The zero-order valence-electron chi connectivity index (χ0n) is 14.0. The molecule has 1 aromatic rings. The molecule has 4 heteroatoms. The van der Waals surface area contributed by atoms with Gasteiger partial charge in [-0.3, -0.25) is 4.79 Å². The van der Waals surface area contributed by atoms with Gasteiger partial charge in [0.05, 0.1) is 11.4 Å². The molecule has 1 aliphatic carbocycles. The second kappa shape index (κ2) is 5.93. The van der Waals surface area contributed by atoms with E-state index < -0.39 is 8.07 Å². The van der Waals surface area contributed by atoms with E-state index >= 15 is 0 Å². The van der Waals surface area contributed by atoms with Gasteiger partial charge in [0.1, 0.15) is 13.8 Å². The summed E-state index contributed by atoms with van der Waals surface area (Å²) in [6, 6.07) is 6.59. The van der Waals surface area contributed by atoms with Crippen LogP contribution in [-0.2, 0) is 4.79 Å². The maximum Gasteiger partial charge on any atom is 0.178 e. The minimum atomic E-state index is -2.14. The summed E-state index contributed by atoms with van der Waals surface area (Å²) < 4.78 is 0. The summed E-state index contributed by atoms with van der Waals surface area (Å²) in [6.07, 6.45) is 7.52. The van der Waals surface area contributed by atoms with E-state index in [0.717, 1.165) is 35.5 Å². The number of aliphatic imine (C=N–C) groups is 1. The molecule has 0 saturated carbocycles. The average molecular weight is 325 g/mol. The second-order valence-corrected chi connectivity index (χ2v) is 11.4. The molecule has 0 fully saturated rings. The van der Waals surface area contributed by atoms with Crippen molar-refractivity contribution in [3.8, 4) is 5.75 Å².